The Morgan fingerprint density at radius 2 is 1.77 bits per heavy atom. The molecule has 164 valence electrons. The van der Waals surface area contributed by atoms with E-state index in [1.807, 2.05) is 26.0 Å². The summed E-state index contributed by atoms with van der Waals surface area (Å²) in [7, 11) is -3.68. The fourth-order valence-electron chi connectivity index (χ4n) is 3.10. The number of hydrogen-bond acceptors (Lipinski definition) is 6. The number of nitrogens with zero attached hydrogens (tertiary/aromatic N) is 2. The molecule has 0 aliphatic rings. The number of ether oxygens (including phenoxy) is 1. The van der Waals surface area contributed by atoms with Gasteiger partial charge in [-0.25, -0.2) is 8.42 Å². The predicted molar refractivity (Wildman–Crippen MR) is 120 cm³/mol. The van der Waals surface area contributed by atoms with Crippen molar-refractivity contribution in [1.29, 1.82) is 0 Å². The number of esters is 1. The van der Waals surface area contributed by atoms with Crippen molar-refractivity contribution in [3.05, 3.63) is 64.0 Å². The summed E-state index contributed by atoms with van der Waals surface area (Å²) in [5, 5.41) is 0. The lowest BCUT2D eigenvalue weighted by molar-refractivity contribution is -0.143. The van der Waals surface area contributed by atoms with Gasteiger partial charge in [0.25, 0.3) is 5.91 Å². The number of rotatable bonds is 7. The van der Waals surface area contributed by atoms with Gasteiger partial charge in [-0.15, -0.1) is 0 Å². The van der Waals surface area contributed by atoms with E-state index in [0.717, 1.165) is 21.3 Å². The predicted octanol–water partition coefficient (Wildman–Crippen LogP) is 2.93. The summed E-state index contributed by atoms with van der Waals surface area (Å²) in [5.74, 6) is -2.16. The standard InChI is InChI=1S/C22H24N2O5S2/c1-4-29-21(26)12-24-18-10-15(2)16(3)11-19(18)30-22(24)23-20(25)14-31(27,28)13-17-8-6-5-7-9-17/h5-11H,4,12-14H2,1-3H3. The van der Waals surface area contributed by atoms with E-state index in [2.05, 4.69) is 4.99 Å². The van der Waals surface area contributed by atoms with Crippen molar-refractivity contribution < 1.29 is 22.7 Å². The summed E-state index contributed by atoms with van der Waals surface area (Å²) in [5.41, 5.74) is 3.46. The molecule has 1 heterocycles. The molecule has 9 heteroatoms. The first kappa shape index (κ1) is 22.9. The molecule has 2 aromatic carbocycles. The van der Waals surface area contributed by atoms with Crippen LogP contribution in [0.3, 0.4) is 0 Å². The van der Waals surface area contributed by atoms with Crippen LogP contribution in [-0.2, 0) is 36.5 Å². The van der Waals surface area contributed by atoms with Gasteiger partial charge in [-0.05, 0) is 49.6 Å². The topological polar surface area (TPSA) is 94.8 Å². The smallest absolute Gasteiger partial charge is 0.326 e. The van der Waals surface area contributed by atoms with E-state index in [1.165, 1.54) is 11.3 Å². The van der Waals surface area contributed by atoms with E-state index in [4.69, 9.17) is 4.74 Å². The Labute approximate surface area is 184 Å². The van der Waals surface area contributed by atoms with E-state index in [0.29, 0.717) is 5.56 Å². The van der Waals surface area contributed by atoms with Crippen LogP contribution in [0, 0.1) is 13.8 Å². The Balaban J connectivity index is 1.96. The van der Waals surface area contributed by atoms with E-state index < -0.39 is 27.5 Å². The molecule has 1 aromatic heterocycles. The van der Waals surface area contributed by atoms with Crippen LogP contribution in [-0.4, -0.2) is 37.2 Å². The summed E-state index contributed by atoms with van der Waals surface area (Å²) in [6.07, 6.45) is 0. The second kappa shape index (κ2) is 9.57. The summed E-state index contributed by atoms with van der Waals surface area (Å²) in [6.45, 7) is 5.78. The van der Waals surface area contributed by atoms with Crippen LogP contribution in [0.5, 0.6) is 0 Å². The van der Waals surface area contributed by atoms with Crippen LogP contribution < -0.4 is 4.80 Å². The average Bonchev–Trinajstić information content (AvgIpc) is 2.98. The number of amides is 1. The molecule has 0 aliphatic carbocycles. The maximum Gasteiger partial charge on any atom is 0.326 e. The Kier molecular flexibility index (Phi) is 7.07. The van der Waals surface area contributed by atoms with Crippen LogP contribution in [0.25, 0.3) is 10.2 Å². The third kappa shape index (κ3) is 5.89. The van der Waals surface area contributed by atoms with Crippen LogP contribution in [0.1, 0.15) is 23.6 Å². The number of aromatic nitrogens is 1. The molecule has 1 amide bonds. The zero-order valence-electron chi connectivity index (χ0n) is 17.6. The lowest BCUT2D eigenvalue weighted by Crippen LogP contribution is -2.25. The first-order valence-corrected chi connectivity index (χ1v) is 12.4. The molecule has 0 saturated heterocycles. The normalized spacial score (nSPS) is 12.3. The maximum absolute atomic E-state index is 12.5. The molecule has 0 spiro atoms. The molecule has 0 fully saturated rings. The zero-order valence-corrected chi connectivity index (χ0v) is 19.3. The van der Waals surface area contributed by atoms with Gasteiger partial charge in [-0.2, -0.15) is 4.99 Å². The molecular weight excluding hydrogens is 436 g/mol. The second-order valence-electron chi connectivity index (χ2n) is 7.20. The first-order chi connectivity index (χ1) is 14.7. The van der Waals surface area contributed by atoms with Crippen LogP contribution in [0.4, 0.5) is 0 Å². The molecule has 3 rings (SSSR count). The van der Waals surface area contributed by atoms with Crippen molar-refractivity contribution in [1.82, 2.24) is 4.57 Å². The molecule has 0 radical (unpaired) electrons. The van der Waals surface area contributed by atoms with E-state index in [-0.39, 0.29) is 23.7 Å². The van der Waals surface area contributed by atoms with Crippen LogP contribution >= 0.6 is 11.3 Å². The number of fused-ring (bicyclic) bond motifs is 1. The lowest BCUT2D eigenvalue weighted by Gasteiger charge is -2.06. The Hall–Kier alpha value is -2.78. The minimum absolute atomic E-state index is 0.112. The molecular formula is C22H24N2O5S2. The van der Waals surface area contributed by atoms with Gasteiger partial charge in [-0.1, -0.05) is 41.7 Å². The van der Waals surface area contributed by atoms with E-state index in [1.54, 1.807) is 41.8 Å². The largest absolute Gasteiger partial charge is 0.465 e. The maximum atomic E-state index is 12.5. The van der Waals surface area contributed by atoms with Gasteiger partial charge in [0, 0.05) is 0 Å². The SMILES string of the molecule is CCOC(=O)Cn1c(=NC(=O)CS(=O)(=O)Cc2ccccc2)sc2cc(C)c(C)cc21. The van der Waals surface area contributed by atoms with Gasteiger partial charge in [0.1, 0.15) is 12.3 Å². The number of sulfone groups is 1. The Morgan fingerprint density at radius 1 is 1.10 bits per heavy atom. The van der Waals surface area contributed by atoms with E-state index >= 15 is 0 Å². The van der Waals surface area contributed by atoms with E-state index in [9.17, 15) is 18.0 Å². The number of aryl methyl sites for hydroxylation is 2. The molecule has 0 saturated carbocycles. The molecule has 0 aliphatic heterocycles. The van der Waals surface area contributed by atoms with Crippen molar-refractivity contribution in [2.24, 2.45) is 4.99 Å². The number of benzene rings is 2. The zero-order chi connectivity index (χ0) is 22.6. The summed E-state index contributed by atoms with van der Waals surface area (Å²) in [6, 6.07) is 12.6. The van der Waals surface area contributed by atoms with Crippen molar-refractivity contribution in [3.8, 4) is 0 Å². The van der Waals surface area contributed by atoms with Crippen LogP contribution in [0.15, 0.2) is 47.5 Å². The summed E-state index contributed by atoms with van der Waals surface area (Å²) < 4.78 is 32.4. The molecule has 31 heavy (non-hydrogen) atoms. The molecule has 0 bridgehead atoms. The van der Waals surface area contributed by atoms with Gasteiger partial charge >= 0.3 is 5.97 Å². The molecule has 3 aromatic rings. The van der Waals surface area contributed by atoms with Gasteiger partial charge < -0.3 is 9.30 Å². The minimum Gasteiger partial charge on any atom is -0.465 e. The highest BCUT2D eigenvalue weighted by atomic mass is 32.2. The number of hydrogen-bond donors (Lipinski definition) is 0. The highest BCUT2D eigenvalue weighted by Crippen LogP contribution is 2.22. The molecule has 0 unspecified atom stereocenters. The lowest BCUT2D eigenvalue weighted by atomic mass is 10.1. The van der Waals surface area contributed by atoms with Gasteiger partial charge in [-0.3, -0.25) is 9.59 Å². The molecule has 0 N–H and O–H groups in total. The van der Waals surface area contributed by atoms with Crippen molar-refractivity contribution in [2.75, 3.05) is 12.4 Å². The van der Waals surface area contributed by atoms with Gasteiger partial charge in [0.2, 0.25) is 0 Å². The fraction of sp³-hybridized carbons (Fsp3) is 0.318. The fourth-order valence-corrected chi connectivity index (χ4v) is 5.47. The number of carbonyl (C=O) groups excluding carboxylic acids is 2. The third-order valence-electron chi connectivity index (χ3n) is 4.68. The third-order valence-corrected chi connectivity index (χ3v) is 7.18. The first-order valence-electron chi connectivity index (χ1n) is 9.76. The quantitative estimate of drug-likeness (QED) is 0.505. The Morgan fingerprint density at radius 3 is 2.45 bits per heavy atom. The van der Waals surface area contributed by atoms with Gasteiger partial charge in [0.15, 0.2) is 14.6 Å². The van der Waals surface area contributed by atoms with Crippen molar-refractivity contribution >= 4 is 43.3 Å². The highest BCUT2D eigenvalue weighted by Gasteiger charge is 2.19. The minimum atomic E-state index is -3.68. The monoisotopic (exact) mass is 460 g/mol. The molecule has 0 atom stereocenters. The van der Waals surface area contributed by atoms with Crippen LogP contribution in [0.2, 0.25) is 0 Å². The molecule has 7 nitrogen and oxygen atoms in total. The number of carbonyl (C=O) groups is 2. The second-order valence-corrected chi connectivity index (χ2v) is 10.3. The highest BCUT2D eigenvalue weighted by molar-refractivity contribution is 7.91. The Bertz CT molecular complexity index is 1290. The van der Waals surface area contributed by atoms with Gasteiger partial charge in [0.05, 0.1) is 22.6 Å². The number of thiazole rings is 1. The summed E-state index contributed by atoms with van der Waals surface area (Å²) >= 11 is 1.24. The van der Waals surface area contributed by atoms with Crippen molar-refractivity contribution in [3.63, 3.8) is 0 Å². The average molecular weight is 461 g/mol. The van der Waals surface area contributed by atoms with Crippen molar-refractivity contribution in [2.45, 2.75) is 33.1 Å². The summed E-state index contributed by atoms with van der Waals surface area (Å²) in [4.78, 5) is 29.0.